The molecule has 2 aromatic carbocycles. The molecular formula is C20H16BrF3N4. The number of alkyl halides is 3. The lowest BCUT2D eigenvalue weighted by Crippen LogP contribution is -2.09. The summed E-state index contributed by atoms with van der Waals surface area (Å²) in [5.74, 6) is 0.881. The second-order valence-corrected chi connectivity index (χ2v) is 7.42. The van der Waals surface area contributed by atoms with E-state index in [1.54, 1.807) is 12.1 Å². The summed E-state index contributed by atoms with van der Waals surface area (Å²) in [6.07, 6.45) is -2.33. The largest absolute Gasteiger partial charge is 0.417 e. The van der Waals surface area contributed by atoms with Crippen LogP contribution < -0.4 is 10.6 Å². The highest BCUT2D eigenvalue weighted by atomic mass is 79.9. The number of hydrogen-bond acceptors (Lipinski definition) is 4. The molecule has 144 valence electrons. The van der Waals surface area contributed by atoms with E-state index in [1.807, 2.05) is 30.3 Å². The molecule has 1 saturated carbocycles. The third-order valence-corrected chi connectivity index (χ3v) is 4.94. The average molecular weight is 449 g/mol. The Morgan fingerprint density at radius 1 is 0.964 bits per heavy atom. The maximum atomic E-state index is 13.2. The zero-order valence-corrected chi connectivity index (χ0v) is 16.2. The highest BCUT2D eigenvalue weighted by Gasteiger charge is 2.33. The normalized spacial score (nSPS) is 14.0. The molecule has 1 aromatic heterocycles. The summed E-state index contributed by atoms with van der Waals surface area (Å²) in [7, 11) is 0. The molecule has 1 aliphatic carbocycles. The Kier molecular flexibility index (Phi) is 4.97. The van der Waals surface area contributed by atoms with Crippen LogP contribution in [0.1, 0.15) is 18.4 Å². The first-order valence-electron chi connectivity index (χ1n) is 8.73. The van der Waals surface area contributed by atoms with E-state index >= 15 is 0 Å². The Labute approximate surface area is 168 Å². The monoisotopic (exact) mass is 448 g/mol. The molecule has 0 bridgehead atoms. The number of halogens is 4. The molecule has 2 N–H and O–H groups in total. The van der Waals surface area contributed by atoms with Gasteiger partial charge in [-0.3, -0.25) is 0 Å². The average Bonchev–Trinajstić information content (AvgIpc) is 3.47. The van der Waals surface area contributed by atoms with Crippen molar-refractivity contribution < 1.29 is 13.2 Å². The Balaban J connectivity index is 1.69. The summed E-state index contributed by atoms with van der Waals surface area (Å²) >= 11 is 2.96. The standard InChI is InChI=1S/C20H16BrF3N4/c21-16-9-8-14(10-15(16)20(22,23)24)25-18-11-17(12-4-2-1-3-5-12)27-19(28-18)26-13-6-7-13/h1-5,8-11,13H,6-7H2,(H2,25,26,27,28). The summed E-state index contributed by atoms with van der Waals surface area (Å²) in [5.41, 5.74) is 1.14. The predicted octanol–water partition coefficient (Wildman–Crippen LogP) is 6.24. The topological polar surface area (TPSA) is 49.8 Å². The Morgan fingerprint density at radius 2 is 1.71 bits per heavy atom. The zero-order chi connectivity index (χ0) is 19.7. The lowest BCUT2D eigenvalue weighted by molar-refractivity contribution is -0.138. The molecule has 0 aliphatic heterocycles. The van der Waals surface area contributed by atoms with Crippen LogP contribution in [0.25, 0.3) is 11.3 Å². The molecule has 0 saturated heterocycles. The van der Waals surface area contributed by atoms with Crippen molar-refractivity contribution in [3.8, 4) is 11.3 Å². The molecule has 0 unspecified atom stereocenters. The van der Waals surface area contributed by atoms with Crippen molar-refractivity contribution in [2.75, 3.05) is 10.6 Å². The van der Waals surface area contributed by atoms with Crippen LogP contribution in [0.15, 0.2) is 59.1 Å². The third-order valence-electron chi connectivity index (χ3n) is 4.25. The van der Waals surface area contributed by atoms with E-state index in [2.05, 4.69) is 36.5 Å². The van der Waals surface area contributed by atoms with Gasteiger partial charge in [0.1, 0.15) is 5.82 Å². The second-order valence-electron chi connectivity index (χ2n) is 6.56. The van der Waals surface area contributed by atoms with Crippen LogP contribution in [-0.4, -0.2) is 16.0 Å². The summed E-state index contributed by atoms with van der Waals surface area (Å²) in [6.45, 7) is 0. The van der Waals surface area contributed by atoms with Gasteiger partial charge in [-0.25, -0.2) is 4.98 Å². The van der Waals surface area contributed by atoms with Crippen molar-refractivity contribution in [2.24, 2.45) is 0 Å². The summed E-state index contributed by atoms with van der Waals surface area (Å²) in [4.78, 5) is 8.97. The Hall–Kier alpha value is -2.61. The summed E-state index contributed by atoms with van der Waals surface area (Å²) in [6, 6.07) is 15.6. The lowest BCUT2D eigenvalue weighted by Gasteiger charge is -2.14. The number of aromatic nitrogens is 2. The third kappa shape index (κ3) is 4.44. The number of nitrogens with one attached hydrogen (secondary N) is 2. The molecule has 0 atom stereocenters. The van der Waals surface area contributed by atoms with E-state index in [-0.39, 0.29) is 4.47 Å². The molecule has 0 spiro atoms. The molecule has 1 heterocycles. The van der Waals surface area contributed by atoms with Crippen molar-refractivity contribution in [1.82, 2.24) is 9.97 Å². The van der Waals surface area contributed by atoms with Crippen LogP contribution in [0.3, 0.4) is 0 Å². The lowest BCUT2D eigenvalue weighted by atomic mass is 10.1. The number of hydrogen-bond donors (Lipinski definition) is 2. The molecule has 1 fully saturated rings. The molecular weight excluding hydrogens is 433 g/mol. The maximum Gasteiger partial charge on any atom is 0.417 e. The molecule has 28 heavy (non-hydrogen) atoms. The van der Waals surface area contributed by atoms with Gasteiger partial charge in [-0.05, 0) is 31.0 Å². The molecule has 4 nitrogen and oxygen atoms in total. The van der Waals surface area contributed by atoms with Crippen molar-refractivity contribution in [3.63, 3.8) is 0 Å². The van der Waals surface area contributed by atoms with Gasteiger partial charge in [-0.15, -0.1) is 0 Å². The van der Waals surface area contributed by atoms with Gasteiger partial charge < -0.3 is 10.6 Å². The van der Waals surface area contributed by atoms with E-state index in [1.165, 1.54) is 6.07 Å². The Morgan fingerprint density at radius 3 is 2.39 bits per heavy atom. The minimum atomic E-state index is -4.45. The summed E-state index contributed by atoms with van der Waals surface area (Å²) < 4.78 is 39.5. The van der Waals surface area contributed by atoms with Crippen molar-refractivity contribution in [2.45, 2.75) is 25.1 Å². The van der Waals surface area contributed by atoms with E-state index in [9.17, 15) is 13.2 Å². The van der Waals surface area contributed by atoms with Gasteiger partial charge in [-0.2, -0.15) is 18.2 Å². The van der Waals surface area contributed by atoms with Crippen molar-refractivity contribution in [3.05, 3.63) is 64.6 Å². The van der Waals surface area contributed by atoms with Gasteiger partial charge in [0.05, 0.1) is 11.3 Å². The quantitative estimate of drug-likeness (QED) is 0.484. The van der Waals surface area contributed by atoms with Gasteiger partial charge in [0, 0.05) is 27.8 Å². The van der Waals surface area contributed by atoms with Crippen LogP contribution in [0.2, 0.25) is 0 Å². The molecule has 1 aliphatic rings. The minimum absolute atomic E-state index is 0.00528. The second kappa shape index (κ2) is 7.43. The fourth-order valence-electron chi connectivity index (χ4n) is 2.71. The molecule has 0 amide bonds. The maximum absolute atomic E-state index is 13.2. The van der Waals surface area contributed by atoms with Gasteiger partial charge in [-0.1, -0.05) is 46.3 Å². The van der Waals surface area contributed by atoms with E-state index in [0.717, 1.165) is 24.5 Å². The van der Waals surface area contributed by atoms with Crippen molar-refractivity contribution in [1.29, 1.82) is 0 Å². The van der Waals surface area contributed by atoms with Crippen LogP contribution in [-0.2, 0) is 6.18 Å². The van der Waals surface area contributed by atoms with Crippen molar-refractivity contribution >= 4 is 33.4 Å². The van der Waals surface area contributed by atoms with Crippen LogP contribution in [0, 0.1) is 0 Å². The summed E-state index contributed by atoms with van der Waals surface area (Å²) in [5, 5.41) is 6.22. The zero-order valence-electron chi connectivity index (χ0n) is 14.6. The highest BCUT2D eigenvalue weighted by Crippen LogP contribution is 2.37. The molecule has 8 heteroatoms. The first-order valence-corrected chi connectivity index (χ1v) is 9.52. The fraction of sp³-hybridized carbons (Fsp3) is 0.200. The molecule has 0 radical (unpaired) electrons. The van der Waals surface area contributed by atoms with Gasteiger partial charge in [0.25, 0.3) is 0 Å². The predicted molar refractivity (Wildman–Crippen MR) is 107 cm³/mol. The number of rotatable bonds is 5. The molecule has 4 rings (SSSR count). The first-order chi connectivity index (χ1) is 13.4. The van der Waals surface area contributed by atoms with Gasteiger partial charge in [0.15, 0.2) is 0 Å². The van der Waals surface area contributed by atoms with Crippen LogP contribution >= 0.6 is 15.9 Å². The number of benzene rings is 2. The Bertz CT molecular complexity index is 988. The van der Waals surface area contributed by atoms with Crippen LogP contribution in [0.4, 0.5) is 30.6 Å². The smallest absolute Gasteiger partial charge is 0.351 e. The minimum Gasteiger partial charge on any atom is -0.351 e. The van der Waals surface area contributed by atoms with E-state index in [0.29, 0.717) is 29.2 Å². The number of nitrogens with zero attached hydrogens (tertiary/aromatic N) is 2. The molecule has 3 aromatic rings. The fourth-order valence-corrected chi connectivity index (χ4v) is 3.18. The van der Waals surface area contributed by atoms with Gasteiger partial charge in [0.2, 0.25) is 5.95 Å². The van der Waals surface area contributed by atoms with E-state index in [4.69, 9.17) is 0 Å². The van der Waals surface area contributed by atoms with Crippen LogP contribution in [0.5, 0.6) is 0 Å². The number of anilines is 3. The highest BCUT2D eigenvalue weighted by molar-refractivity contribution is 9.10. The first kappa shape index (κ1) is 18.7. The van der Waals surface area contributed by atoms with E-state index < -0.39 is 11.7 Å². The SMILES string of the molecule is FC(F)(F)c1cc(Nc2cc(-c3ccccc3)nc(NC3CC3)n2)ccc1Br. The van der Waals surface area contributed by atoms with Gasteiger partial charge >= 0.3 is 6.18 Å².